The van der Waals surface area contributed by atoms with Gasteiger partial charge in [-0.1, -0.05) is 18.7 Å². The second-order valence-electron chi connectivity index (χ2n) is 3.63. The molecule has 0 spiro atoms. The summed E-state index contributed by atoms with van der Waals surface area (Å²) in [5.74, 6) is 0. The van der Waals surface area contributed by atoms with E-state index in [1.54, 1.807) is 4.57 Å². The summed E-state index contributed by atoms with van der Waals surface area (Å²) in [5.41, 5.74) is 7.78. The summed E-state index contributed by atoms with van der Waals surface area (Å²) in [6.07, 6.45) is 1.33. The highest BCUT2D eigenvalue weighted by Crippen LogP contribution is 2.09. The minimum absolute atomic E-state index is 0.131. The smallest absolute Gasteiger partial charge is 0.269 e. The van der Waals surface area contributed by atoms with Crippen LogP contribution < -0.4 is 11.3 Å². The van der Waals surface area contributed by atoms with Crippen LogP contribution in [-0.2, 0) is 6.54 Å². The van der Waals surface area contributed by atoms with Crippen LogP contribution in [0.25, 0.3) is 11.0 Å². The van der Waals surface area contributed by atoms with Gasteiger partial charge in [0.2, 0.25) is 0 Å². The topological polar surface area (TPSA) is 60.9 Å². The van der Waals surface area contributed by atoms with E-state index in [1.165, 1.54) is 6.20 Å². The molecule has 0 bridgehead atoms. The van der Waals surface area contributed by atoms with Gasteiger partial charge in [-0.05, 0) is 17.7 Å². The van der Waals surface area contributed by atoms with Crippen molar-refractivity contribution in [2.45, 2.75) is 6.54 Å². The Hall–Kier alpha value is -1.94. The molecule has 82 valence electrons. The summed E-state index contributed by atoms with van der Waals surface area (Å²) in [6.45, 7) is 4.63. The molecule has 1 aromatic heterocycles. The molecule has 1 aromatic carbocycles. The van der Waals surface area contributed by atoms with E-state index >= 15 is 0 Å². The molecule has 0 aliphatic carbocycles. The maximum atomic E-state index is 11.7. The van der Waals surface area contributed by atoms with Crippen molar-refractivity contribution in [2.75, 3.05) is 6.54 Å². The van der Waals surface area contributed by atoms with Gasteiger partial charge in [0, 0.05) is 13.1 Å². The average molecular weight is 215 g/mol. The number of nitrogens with two attached hydrogens (primary N) is 1. The van der Waals surface area contributed by atoms with Gasteiger partial charge in [-0.25, -0.2) is 4.98 Å². The number of para-hydroxylation sites is 2. The monoisotopic (exact) mass is 215 g/mol. The Morgan fingerprint density at radius 1 is 1.44 bits per heavy atom. The second kappa shape index (κ2) is 4.28. The molecule has 16 heavy (non-hydrogen) atoms. The van der Waals surface area contributed by atoms with Crippen molar-refractivity contribution in [3.05, 3.63) is 53.0 Å². The summed E-state index contributed by atoms with van der Waals surface area (Å²) in [4.78, 5) is 15.8. The fourth-order valence-corrected chi connectivity index (χ4v) is 1.57. The minimum Gasteiger partial charge on any atom is -0.327 e. The van der Waals surface area contributed by atoms with Gasteiger partial charge in [0.1, 0.15) is 0 Å². The zero-order chi connectivity index (χ0) is 11.5. The van der Waals surface area contributed by atoms with Gasteiger partial charge in [-0.3, -0.25) is 4.79 Å². The highest BCUT2D eigenvalue weighted by Gasteiger charge is 2.03. The molecule has 2 N–H and O–H groups in total. The number of hydrogen-bond acceptors (Lipinski definition) is 3. The largest absolute Gasteiger partial charge is 0.327 e. The molecule has 4 heteroatoms. The summed E-state index contributed by atoms with van der Waals surface area (Å²) in [5, 5.41) is 0. The molecule has 0 saturated carbocycles. The molecule has 0 saturated heterocycles. The average Bonchev–Trinajstić information content (AvgIpc) is 2.32. The fraction of sp³-hybridized carbons (Fsp3) is 0.167. The number of rotatable bonds is 3. The van der Waals surface area contributed by atoms with Crippen LogP contribution in [-0.4, -0.2) is 16.1 Å². The van der Waals surface area contributed by atoms with Crippen LogP contribution in [0.3, 0.4) is 0 Å². The van der Waals surface area contributed by atoms with E-state index in [4.69, 9.17) is 5.73 Å². The number of aromatic nitrogens is 2. The van der Waals surface area contributed by atoms with Gasteiger partial charge in [0.25, 0.3) is 5.56 Å². The van der Waals surface area contributed by atoms with E-state index in [0.29, 0.717) is 13.1 Å². The predicted octanol–water partition coefficient (Wildman–Crippen LogP) is 0.911. The summed E-state index contributed by atoms with van der Waals surface area (Å²) in [7, 11) is 0. The Labute approximate surface area is 93.0 Å². The molecule has 2 aromatic rings. The Morgan fingerprint density at radius 3 is 2.94 bits per heavy atom. The number of hydrogen-bond donors (Lipinski definition) is 1. The van der Waals surface area contributed by atoms with Gasteiger partial charge in [-0.15, -0.1) is 0 Å². The van der Waals surface area contributed by atoms with Crippen LogP contribution in [0.2, 0.25) is 0 Å². The molecule has 0 atom stereocenters. The Balaban J connectivity index is 2.61. The SMILES string of the molecule is C=C(CN)Cn1c(=O)cnc2ccccc21. The van der Waals surface area contributed by atoms with E-state index in [0.717, 1.165) is 16.6 Å². The van der Waals surface area contributed by atoms with Crippen molar-refractivity contribution < 1.29 is 0 Å². The molecule has 1 heterocycles. The molecule has 0 unspecified atom stereocenters. The van der Waals surface area contributed by atoms with Crippen molar-refractivity contribution in [2.24, 2.45) is 5.73 Å². The first-order valence-corrected chi connectivity index (χ1v) is 5.03. The zero-order valence-corrected chi connectivity index (χ0v) is 8.89. The van der Waals surface area contributed by atoms with Crippen LogP contribution in [0, 0.1) is 0 Å². The molecule has 4 nitrogen and oxygen atoms in total. The number of benzene rings is 1. The summed E-state index contributed by atoms with van der Waals surface area (Å²) < 4.78 is 1.64. The molecule has 0 radical (unpaired) electrons. The van der Waals surface area contributed by atoms with Crippen molar-refractivity contribution >= 4 is 11.0 Å². The lowest BCUT2D eigenvalue weighted by molar-refractivity contribution is 0.760. The maximum Gasteiger partial charge on any atom is 0.269 e. The molecular weight excluding hydrogens is 202 g/mol. The van der Waals surface area contributed by atoms with Crippen molar-refractivity contribution in [3.8, 4) is 0 Å². The number of nitrogens with zero attached hydrogens (tertiary/aromatic N) is 2. The van der Waals surface area contributed by atoms with Crippen molar-refractivity contribution in [1.29, 1.82) is 0 Å². The van der Waals surface area contributed by atoms with Gasteiger partial charge in [-0.2, -0.15) is 0 Å². The van der Waals surface area contributed by atoms with E-state index in [-0.39, 0.29) is 5.56 Å². The van der Waals surface area contributed by atoms with Gasteiger partial charge >= 0.3 is 0 Å². The van der Waals surface area contributed by atoms with Crippen LogP contribution in [0.5, 0.6) is 0 Å². The molecule has 2 rings (SSSR count). The van der Waals surface area contributed by atoms with Crippen LogP contribution in [0.4, 0.5) is 0 Å². The quantitative estimate of drug-likeness (QED) is 0.774. The first kappa shape index (κ1) is 10.6. The molecule has 0 aliphatic heterocycles. The minimum atomic E-state index is -0.131. The third-order valence-electron chi connectivity index (χ3n) is 2.42. The highest BCUT2D eigenvalue weighted by molar-refractivity contribution is 5.74. The summed E-state index contributed by atoms with van der Waals surface area (Å²) in [6, 6.07) is 7.51. The van der Waals surface area contributed by atoms with E-state index < -0.39 is 0 Å². The molecule has 0 fully saturated rings. The number of fused-ring (bicyclic) bond motifs is 1. The van der Waals surface area contributed by atoms with Crippen LogP contribution in [0.15, 0.2) is 47.4 Å². The first-order chi connectivity index (χ1) is 7.72. The lowest BCUT2D eigenvalue weighted by atomic mass is 10.2. The van der Waals surface area contributed by atoms with Gasteiger partial charge in [0.15, 0.2) is 0 Å². The van der Waals surface area contributed by atoms with E-state index in [2.05, 4.69) is 11.6 Å². The normalized spacial score (nSPS) is 10.6. The van der Waals surface area contributed by atoms with E-state index in [1.807, 2.05) is 24.3 Å². The predicted molar refractivity (Wildman–Crippen MR) is 64.2 cm³/mol. The van der Waals surface area contributed by atoms with Crippen molar-refractivity contribution in [3.63, 3.8) is 0 Å². The first-order valence-electron chi connectivity index (χ1n) is 5.03. The maximum absolute atomic E-state index is 11.7. The third kappa shape index (κ3) is 1.87. The lowest BCUT2D eigenvalue weighted by Crippen LogP contribution is -2.23. The van der Waals surface area contributed by atoms with Crippen molar-refractivity contribution in [1.82, 2.24) is 9.55 Å². The summed E-state index contributed by atoms with van der Waals surface area (Å²) >= 11 is 0. The molecule has 0 amide bonds. The van der Waals surface area contributed by atoms with E-state index in [9.17, 15) is 4.79 Å². The second-order valence-corrected chi connectivity index (χ2v) is 3.63. The van der Waals surface area contributed by atoms with Crippen LogP contribution in [0.1, 0.15) is 0 Å². The Bertz CT molecular complexity index is 586. The third-order valence-corrected chi connectivity index (χ3v) is 2.42. The molecular formula is C12H13N3O. The van der Waals surface area contributed by atoms with Gasteiger partial charge in [0.05, 0.1) is 17.2 Å². The Morgan fingerprint density at radius 2 is 2.19 bits per heavy atom. The standard InChI is InChI=1S/C12H13N3O/c1-9(6-13)8-15-11-5-3-2-4-10(11)14-7-12(15)16/h2-5,7H,1,6,8,13H2. The molecule has 0 aliphatic rings. The zero-order valence-electron chi connectivity index (χ0n) is 8.89. The Kier molecular flexibility index (Phi) is 2.83. The van der Waals surface area contributed by atoms with Gasteiger partial charge < -0.3 is 10.3 Å². The lowest BCUT2D eigenvalue weighted by Gasteiger charge is -2.09. The fourth-order valence-electron chi connectivity index (χ4n) is 1.57. The highest BCUT2D eigenvalue weighted by atomic mass is 16.1. The van der Waals surface area contributed by atoms with Crippen LogP contribution >= 0.6 is 0 Å².